The third-order valence-corrected chi connectivity index (χ3v) is 4.79. The van der Waals surface area contributed by atoms with Gasteiger partial charge in [0.1, 0.15) is 12.6 Å². The van der Waals surface area contributed by atoms with E-state index >= 15 is 0 Å². The Morgan fingerprint density at radius 1 is 0.906 bits per heavy atom. The number of carboxylic acids is 1. The van der Waals surface area contributed by atoms with Crippen molar-refractivity contribution in [2.75, 3.05) is 0 Å². The molecule has 0 aliphatic rings. The van der Waals surface area contributed by atoms with Crippen molar-refractivity contribution < 1.29 is 29.3 Å². The van der Waals surface area contributed by atoms with E-state index in [0.29, 0.717) is 0 Å². The lowest BCUT2D eigenvalue weighted by atomic mass is 9.99. The number of alkyl carbamates (subject to hydrolysis) is 1. The van der Waals surface area contributed by atoms with Crippen LogP contribution < -0.4 is 10.6 Å². The second-order valence-corrected chi connectivity index (χ2v) is 7.98. The maximum atomic E-state index is 12.6. The predicted molar refractivity (Wildman–Crippen MR) is 119 cm³/mol. The summed E-state index contributed by atoms with van der Waals surface area (Å²) >= 11 is 0. The Labute approximate surface area is 187 Å². The molecule has 3 atom stereocenters. The van der Waals surface area contributed by atoms with Crippen molar-refractivity contribution in [1.82, 2.24) is 10.6 Å². The number of hydrogen-bond donors (Lipinski definition) is 4. The lowest BCUT2D eigenvalue weighted by molar-refractivity contribution is -0.144. The van der Waals surface area contributed by atoms with Gasteiger partial charge >= 0.3 is 12.1 Å². The number of ether oxygens (including phenoxy) is 1. The molecule has 0 saturated carbocycles. The van der Waals surface area contributed by atoms with E-state index < -0.39 is 36.2 Å². The number of carbonyl (C=O) groups is 3. The molecule has 0 bridgehead atoms. The highest BCUT2D eigenvalue weighted by Gasteiger charge is 2.31. The Morgan fingerprint density at radius 2 is 1.47 bits per heavy atom. The van der Waals surface area contributed by atoms with Crippen molar-refractivity contribution >= 4 is 18.0 Å². The lowest BCUT2D eigenvalue weighted by Gasteiger charge is -2.25. The Morgan fingerprint density at radius 3 is 2.00 bits per heavy atom. The number of carbonyl (C=O) groups excluding carboxylic acids is 2. The van der Waals surface area contributed by atoms with Crippen molar-refractivity contribution in [3.8, 4) is 0 Å². The maximum absolute atomic E-state index is 12.6. The van der Waals surface area contributed by atoms with Crippen LogP contribution in [0.2, 0.25) is 0 Å². The number of aliphatic carboxylic acids is 1. The third-order valence-electron chi connectivity index (χ3n) is 4.79. The van der Waals surface area contributed by atoms with Gasteiger partial charge in [0, 0.05) is 0 Å². The van der Waals surface area contributed by atoms with E-state index in [1.165, 1.54) is 0 Å². The molecule has 0 unspecified atom stereocenters. The standard InChI is InChI=1S/C24H30N2O6/c1-16(2)13-20(23(29)30)25-22(28)21(27)19(14-17-9-5-3-6-10-17)26-24(31)32-15-18-11-7-4-8-12-18/h3-12,16,19-21,27H,13-15H2,1-2H3,(H,25,28)(H,26,31)(H,29,30)/t19-,20+,21+/m1/s1. The first kappa shape index (κ1) is 24.9. The van der Waals surface area contributed by atoms with Crippen molar-refractivity contribution in [2.24, 2.45) is 5.92 Å². The lowest BCUT2D eigenvalue weighted by Crippen LogP contribution is -2.54. The van der Waals surface area contributed by atoms with Crippen molar-refractivity contribution in [3.05, 3.63) is 71.8 Å². The molecule has 8 heteroatoms. The minimum Gasteiger partial charge on any atom is -0.480 e. The van der Waals surface area contributed by atoms with Gasteiger partial charge in [-0.15, -0.1) is 0 Å². The molecule has 0 spiro atoms. The highest BCUT2D eigenvalue weighted by molar-refractivity contribution is 5.87. The van der Waals surface area contributed by atoms with Crippen molar-refractivity contribution in [3.63, 3.8) is 0 Å². The first-order valence-electron chi connectivity index (χ1n) is 10.5. The number of hydrogen-bond acceptors (Lipinski definition) is 5. The van der Waals surface area contributed by atoms with Gasteiger partial charge in [-0.05, 0) is 29.9 Å². The molecule has 2 amide bonds. The topological polar surface area (TPSA) is 125 Å². The Hall–Kier alpha value is -3.39. The summed E-state index contributed by atoms with van der Waals surface area (Å²) in [5, 5.41) is 24.9. The van der Waals surface area contributed by atoms with Crippen LogP contribution in [0.5, 0.6) is 0 Å². The molecule has 0 radical (unpaired) electrons. The average molecular weight is 443 g/mol. The maximum Gasteiger partial charge on any atom is 0.407 e. The SMILES string of the molecule is CC(C)C[C@H](NC(=O)[C@@H](O)[C@@H](Cc1ccccc1)NC(=O)OCc1ccccc1)C(=O)O. The monoisotopic (exact) mass is 442 g/mol. The average Bonchev–Trinajstić information content (AvgIpc) is 2.77. The minimum absolute atomic E-state index is 0.0275. The molecular formula is C24H30N2O6. The minimum atomic E-state index is -1.67. The van der Waals surface area contributed by atoms with Gasteiger partial charge in [-0.1, -0.05) is 74.5 Å². The number of benzene rings is 2. The predicted octanol–water partition coefficient (Wildman–Crippen LogP) is 2.50. The molecule has 172 valence electrons. The smallest absolute Gasteiger partial charge is 0.407 e. The molecule has 4 N–H and O–H groups in total. The quantitative estimate of drug-likeness (QED) is 0.424. The molecule has 0 heterocycles. The molecular weight excluding hydrogens is 412 g/mol. The highest BCUT2D eigenvalue weighted by atomic mass is 16.5. The van der Waals surface area contributed by atoms with E-state index in [0.717, 1.165) is 11.1 Å². The van der Waals surface area contributed by atoms with Gasteiger partial charge in [-0.3, -0.25) is 4.79 Å². The summed E-state index contributed by atoms with van der Waals surface area (Å²) in [6, 6.07) is 16.0. The van der Waals surface area contributed by atoms with Crippen LogP contribution in [0.3, 0.4) is 0 Å². The summed E-state index contributed by atoms with van der Waals surface area (Å²) < 4.78 is 5.21. The third kappa shape index (κ3) is 8.39. The largest absolute Gasteiger partial charge is 0.480 e. The molecule has 0 aliphatic carbocycles. The molecule has 2 aromatic carbocycles. The van der Waals surface area contributed by atoms with Crippen LogP contribution in [-0.4, -0.2) is 46.4 Å². The van der Waals surface area contributed by atoms with Gasteiger partial charge < -0.3 is 25.6 Å². The van der Waals surface area contributed by atoms with Crippen molar-refractivity contribution in [1.29, 1.82) is 0 Å². The zero-order valence-electron chi connectivity index (χ0n) is 18.2. The first-order valence-corrected chi connectivity index (χ1v) is 10.5. The summed E-state index contributed by atoms with van der Waals surface area (Å²) in [5.41, 5.74) is 1.57. The van der Waals surface area contributed by atoms with E-state index in [4.69, 9.17) is 4.74 Å². The van der Waals surface area contributed by atoms with Gasteiger partial charge in [-0.2, -0.15) is 0 Å². The molecule has 0 aliphatic heterocycles. The van der Waals surface area contributed by atoms with Crippen LogP contribution in [0, 0.1) is 5.92 Å². The number of aliphatic hydroxyl groups excluding tert-OH is 1. The second-order valence-electron chi connectivity index (χ2n) is 7.98. The van der Waals surface area contributed by atoms with Gasteiger partial charge in [0.05, 0.1) is 6.04 Å². The van der Waals surface area contributed by atoms with E-state index in [1.54, 1.807) is 36.4 Å². The number of aliphatic hydroxyl groups is 1. The van der Waals surface area contributed by atoms with Crippen LogP contribution in [0.1, 0.15) is 31.4 Å². The van der Waals surface area contributed by atoms with Gasteiger partial charge in [0.2, 0.25) is 0 Å². The first-order chi connectivity index (χ1) is 15.3. The highest BCUT2D eigenvalue weighted by Crippen LogP contribution is 2.10. The molecule has 32 heavy (non-hydrogen) atoms. The molecule has 8 nitrogen and oxygen atoms in total. The van der Waals surface area contributed by atoms with E-state index in [2.05, 4.69) is 10.6 Å². The summed E-state index contributed by atoms with van der Waals surface area (Å²) in [6.45, 7) is 3.70. The summed E-state index contributed by atoms with van der Waals surface area (Å²) in [5.74, 6) is -2.03. The van der Waals surface area contributed by atoms with Crippen LogP contribution >= 0.6 is 0 Å². The summed E-state index contributed by atoms with van der Waals surface area (Å²) in [6.07, 6.45) is -2.10. The normalized spacial score (nSPS) is 13.6. The molecule has 2 aromatic rings. The Balaban J connectivity index is 2.07. The summed E-state index contributed by atoms with van der Waals surface area (Å²) in [7, 11) is 0. The van der Waals surface area contributed by atoms with Crippen LogP contribution in [0.15, 0.2) is 60.7 Å². The van der Waals surface area contributed by atoms with Gasteiger partial charge in [0.15, 0.2) is 6.10 Å². The Kier molecular flexibility index (Phi) is 9.69. The van der Waals surface area contributed by atoms with Crippen LogP contribution in [-0.2, 0) is 27.4 Å². The summed E-state index contributed by atoms with van der Waals surface area (Å²) in [4.78, 5) is 36.4. The number of carboxylic acid groups (broad SMARTS) is 1. The molecule has 0 aromatic heterocycles. The zero-order chi connectivity index (χ0) is 23.5. The molecule has 0 fully saturated rings. The Bertz CT molecular complexity index is 873. The second kappa shape index (κ2) is 12.5. The fraction of sp³-hybridized carbons (Fsp3) is 0.375. The molecule has 2 rings (SSSR count). The van der Waals surface area contributed by atoms with E-state index in [-0.39, 0.29) is 25.4 Å². The number of amides is 2. The zero-order valence-corrected chi connectivity index (χ0v) is 18.2. The van der Waals surface area contributed by atoms with Crippen LogP contribution in [0.25, 0.3) is 0 Å². The van der Waals surface area contributed by atoms with Gasteiger partial charge in [0.25, 0.3) is 5.91 Å². The molecule has 0 saturated heterocycles. The van der Waals surface area contributed by atoms with Crippen molar-refractivity contribution in [2.45, 2.75) is 51.5 Å². The van der Waals surface area contributed by atoms with E-state index in [1.807, 2.05) is 38.1 Å². The van der Waals surface area contributed by atoms with Gasteiger partial charge in [-0.25, -0.2) is 9.59 Å². The number of rotatable bonds is 11. The van der Waals surface area contributed by atoms with E-state index in [9.17, 15) is 24.6 Å². The van der Waals surface area contributed by atoms with Crippen LogP contribution in [0.4, 0.5) is 4.79 Å². The fourth-order valence-corrected chi connectivity index (χ4v) is 3.16. The number of nitrogens with one attached hydrogen (secondary N) is 2. The fourth-order valence-electron chi connectivity index (χ4n) is 3.16.